The van der Waals surface area contributed by atoms with Gasteiger partial charge in [0.2, 0.25) is 0 Å². The minimum Gasteiger partial charge on any atom is -0.465 e. The Morgan fingerprint density at radius 1 is 0.957 bits per heavy atom. The third-order valence-electron chi connectivity index (χ3n) is 2.18. The van der Waals surface area contributed by atoms with Gasteiger partial charge < -0.3 is 4.42 Å². The van der Waals surface area contributed by atoms with Crippen LogP contribution >= 0.6 is 0 Å². The Morgan fingerprint density at radius 3 is 1.78 bits per heavy atom. The average Bonchev–Trinajstić information content (AvgIpc) is 2.84. The Morgan fingerprint density at radius 2 is 1.43 bits per heavy atom. The average molecular weight is 384 g/mol. The number of hydrogen-bond donors (Lipinski definition) is 0. The van der Waals surface area contributed by atoms with Gasteiger partial charge in [-0.2, -0.15) is 26.3 Å². The van der Waals surface area contributed by atoms with E-state index < -0.39 is 34.9 Å². The molecular formula is C10H6F6O5S2. The molecule has 5 nitrogen and oxygen atoms in total. The van der Waals surface area contributed by atoms with Gasteiger partial charge in [0.05, 0.1) is 6.26 Å². The van der Waals surface area contributed by atoms with Crippen LogP contribution in [0, 0.1) is 0 Å². The van der Waals surface area contributed by atoms with E-state index in [1.165, 1.54) is 12.1 Å². The van der Waals surface area contributed by atoms with E-state index in [-0.39, 0.29) is 11.8 Å². The van der Waals surface area contributed by atoms with Gasteiger partial charge in [0, 0.05) is 0 Å². The molecule has 1 heterocycles. The molecular weight excluding hydrogens is 378 g/mol. The highest BCUT2D eigenvalue weighted by Gasteiger charge is 2.59. The minimum atomic E-state index is -6.75. The van der Waals surface area contributed by atoms with Crippen LogP contribution in [0.5, 0.6) is 0 Å². The van der Waals surface area contributed by atoms with Crippen molar-refractivity contribution >= 4 is 25.8 Å². The van der Waals surface area contributed by atoms with E-state index in [2.05, 4.69) is 4.42 Å². The summed E-state index contributed by atoms with van der Waals surface area (Å²) in [5.41, 5.74) is -12.5. The van der Waals surface area contributed by atoms with Gasteiger partial charge in [0.1, 0.15) is 5.76 Å². The van der Waals surface area contributed by atoms with E-state index in [1.807, 2.05) is 0 Å². The van der Waals surface area contributed by atoms with Gasteiger partial charge >= 0.3 is 11.0 Å². The topological polar surface area (TPSA) is 81.4 Å². The minimum absolute atomic E-state index is 0.0607. The third-order valence-corrected chi connectivity index (χ3v) is 6.04. The zero-order valence-electron chi connectivity index (χ0n) is 10.6. The second kappa shape index (κ2) is 6.03. The highest BCUT2D eigenvalue weighted by atomic mass is 32.3. The quantitative estimate of drug-likeness (QED) is 0.589. The van der Waals surface area contributed by atoms with E-state index in [4.69, 9.17) is 0 Å². The molecule has 13 heteroatoms. The van der Waals surface area contributed by atoms with E-state index in [1.54, 1.807) is 0 Å². The van der Waals surface area contributed by atoms with Crippen LogP contribution in [0.15, 0.2) is 39.2 Å². The van der Waals surface area contributed by atoms with Crippen LogP contribution in [0.25, 0.3) is 6.08 Å². The second-order valence-electron chi connectivity index (χ2n) is 3.76. The predicted molar refractivity (Wildman–Crippen MR) is 65.8 cm³/mol. The lowest BCUT2D eigenvalue weighted by atomic mass is 10.4. The predicted octanol–water partition coefficient (Wildman–Crippen LogP) is 3.00. The van der Waals surface area contributed by atoms with Crippen molar-refractivity contribution in [2.24, 2.45) is 0 Å². The summed E-state index contributed by atoms with van der Waals surface area (Å²) in [6, 6.07) is 2.56. The van der Waals surface area contributed by atoms with Crippen LogP contribution in [-0.2, 0) is 19.7 Å². The Balaban J connectivity index is 3.52. The summed E-state index contributed by atoms with van der Waals surface area (Å²) in [7, 11) is -13.5. The van der Waals surface area contributed by atoms with Crippen LogP contribution in [-0.4, -0.2) is 27.9 Å². The number of furan rings is 1. The van der Waals surface area contributed by atoms with Crippen LogP contribution in [0.4, 0.5) is 26.3 Å². The van der Waals surface area contributed by atoms with Crippen LogP contribution in [0.3, 0.4) is 0 Å². The first-order valence-electron chi connectivity index (χ1n) is 5.26. The maximum atomic E-state index is 12.4. The van der Waals surface area contributed by atoms with Crippen molar-refractivity contribution in [3.63, 3.8) is 0 Å². The molecule has 0 bridgehead atoms. The van der Waals surface area contributed by atoms with Gasteiger partial charge in [-0.05, 0) is 24.3 Å². The lowest BCUT2D eigenvalue weighted by molar-refractivity contribution is -0.0444. The van der Waals surface area contributed by atoms with Gasteiger partial charge in [-0.3, -0.25) is 0 Å². The lowest BCUT2D eigenvalue weighted by Gasteiger charge is -2.13. The van der Waals surface area contributed by atoms with Gasteiger partial charge in [-0.15, -0.1) is 0 Å². The number of allylic oxidation sites excluding steroid dienone is 2. The molecule has 0 radical (unpaired) electrons. The molecule has 23 heavy (non-hydrogen) atoms. The fourth-order valence-corrected chi connectivity index (χ4v) is 3.85. The smallest absolute Gasteiger partial charge is 0.465 e. The van der Waals surface area contributed by atoms with Crippen LogP contribution < -0.4 is 0 Å². The van der Waals surface area contributed by atoms with Crippen molar-refractivity contribution in [1.82, 2.24) is 0 Å². The summed E-state index contributed by atoms with van der Waals surface area (Å²) in [6.45, 7) is 0. The molecule has 0 saturated heterocycles. The van der Waals surface area contributed by atoms with Crippen LogP contribution in [0.1, 0.15) is 5.76 Å². The molecule has 0 aliphatic rings. The molecule has 0 amide bonds. The first kappa shape index (κ1) is 19.3. The zero-order valence-corrected chi connectivity index (χ0v) is 12.2. The standard InChI is InChI=1S/C10H6F6O5S2/c11-9(12,13)22(17,18)8(23(19,20)10(14,15)16)5-1-3-7-4-2-6-21-7/h1-6H/b3-1+. The van der Waals surface area contributed by atoms with Gasteiger partial charge in [0.15, 0.2) is 4.24 Å². The molecule has 0 saturated carbocycles. The Bertz CT molecular complexity index is 764. The molecule has 0 unspecified atom stereocenters. The first-order chi connectivity index (χ1) is 10.2. The molecule has 1 rings (SSSR count). The van der Waals surface area contributed by atoms with Gasteiger partial charge in [-0.1, -0.05) is 6.08 Å². The molecule has 1 aromatic heterocycles. The van der Waals surface area contributed by atoms with Crippen molar-refractivity contribution < 1.29 is 47.6 Å². The highest BCUT2D eigenvalue weighted by molar-refractivity contribution is 8.15. The monoisotopic (exact) mass is 384 g/mol. The molecule has 0 aliphatic carbocycles. The van der Waals surface area contributed by atoms with E-state index in [9.17, 15) is 43.2 Å². The van der Waals surface area contributed by atoms with Crippen molar-refractivity contribution in [3.05, 3.63) is 40.5 Å². The number of halogens is 6. The largest absolute Gasteiger partial charge is 0.502 e. The normalized spacial score (nSPS) is 14.2. The molecule has 0 fully saturated rings. The third kappa shape index (κ3) is 3.96. The summed E-state index contributed by atoms with van der Waals surface area (Å²) in [4.78, 5) is 0. The van der Waals surface area contributed by atoms with Gasteiger partial charge in [0.25, 0.3) is 19.7 Å². The molecule has 0 atom stereocenters. The van der Waals surface area contributed by atoms with E-state index >= 15 is 0 Å². The van der Waals surface area contributed by atoms with E-state index in [0.717, 1.165) is 12.3 Å². The summed E-state index contributed by atoms with van der Waals surface area (Å²) in [6.07, 6.45) is 1.95. The molecule has 0 aromatic carbocycles. The Kier molecular flexibility index (Phi) is 5.06. The summed E-state index contributed by atoms with van der Waals surface area (Å²) in [5.74, 6) is -0.0607. The number of sulfone groups is 2. The number of alkyl halides is 6. The Hall–Kier alpha value is -1.76. The van der Waals surface area contributed by atoms with Crippen molar-refractivity contribution in [1.29, 1.82) is 0 Å². The highest BCUT2D eigenvalue weighted by Crippen LogP contribution is 2.38. The fraction of sp³-hybridized carbons (Fsp3) is 0.200. The summed E-state index contributed by atoms with van der Waals surface area (Å²) >= 11 is 0. The number of rotatable bonds is 4. The van der Waals surface area contributed by atoms with E-state index in [0.29, 0.717) is 6.08 Å². The summed E-state index contributed by atoms with van der Waals surface area (Å²) in [5, 5.41) is 0. The number of hydrogen-bond acceptors (Lipinski definition) is 5. The maximum Gasteiger partial charge on any atom is 0.502 e. The molecule has 130 valence electrons. The fourth-order valence-electron chi connectivity index (χ4n) is 1.16. The van der Waals surface area contributed by atoms with Crippen molar-refractivity contribution in [3.8, 4) is 0 Å². The van der Waals surface area contributed by atoms with Crippen LogP contribution in [0.2, 0.25) is 0 Å². The SMILES string of the molecule is O=S(=O)(C(=C/C=C/c1ccco1)S(=O)(=O)C(F)(F)F)C(F)(F)F. The zero-order chi connectivity index (χ0) is 18.1. The maximum absolute atomic E-state index is 12.4. The van der Waals surface area contributed by atoms with Gasteiger partial charge in [-0.25, -0.2) is 16.8 Å². The molecule has 1 aromatic rings. The summed E-state index contributed by atoms with van der Waals surface area (Å²) < 4.78 is 121. The lowest BCUT2D eigenvalue weighted by Crippen LogP contribution is -2.34. The van der Waals surface area contributed by atoms with Crippen molar-refractivity contribution in [2.75, 3.05) is 0 Å². The molecule has 0 N–H and O–H groups in total. The Labute approximate surface area is 125 Å². The first-order valence-corrected chi connectivity index (χ1v) is 8.22. The molecule has 0 aliphatic heterocycles. The second-order valence-corrected chi connectivity index (χ2v) is 7.84. The van der Waals surface area contributed by atoms with Crippen molar-refractivity contribution in [2.45, 2.75) is 11.0 Å². The molecule has 0 spiro atoms.